The van der Waals surface area contributed by atoms with Crippen molar-refractivity contribution in [1.29, 1.82) is 0 Å². The third-order valence-electron chi connectivity index (χ3n) is 3.83. The van der Waals surface area contributed by atoms with E-state index in [9.17, 15) is 9.59 Å². The summed E-state index contributed by atoms with van der Waals surface area (Å²) >= 11 is 6.17. The van der Waals surface area contributed by atoms with E-state index in [1.807, 2.05) is 13.0 Å². The molecule has 1 unspecified atom stereocenters. The summed E-state index contributed by atoms with van der Waals surface area (Å²) in [5, 5.41) is 0.456. The van der Waals surface area contributed by atoms with Crippen LogP contribution in [0.2, 0.25) is 5.02 Å². The Balaban J connectivity index is 2.49. The lowest BCUT2D eigenvalue weighted by atomic mass is 9.96. The number of hydrogen-bond donors (Lipinski definition) is 0. The van der Waals surface area contributed by atoms with E-state index in [0.29, 0.717) is 16.5 Å². The molecule has 0 aliphatic heterocycles. The minimum Gasteiger partial charge on any atom is -0.495 e. The third-order valence-corrected chi connectivity index (χ3v) is 4.13. The standard InChI is InChI=1S/C18H19ClO5/c1-5-14(20)16-9-12(18(21)23-4)17(24-16)10(2)11-6-7-15(22-3)13(19)8-11/h6-10H,5H2,1-4H3. The van der Waals surface area contributed by atoms with E-state index in [4.69, 9.17) is 25.5 Å². The average Bonchev–Trinajstić information content (AvgIpc) is 3.04. The maximum absolute atomic E-state index is 12.0. The summed E-state index contributed by atoms with van der Waals surface area (Å²) in [5.41, 5.74) is 1.07. The van der Waals surface area contributed by atoms with E-state index >= 15 is 0 Å². The van der Waals surface area contributed by atoms with Crippen LogP contribution in [0.25, 0.3) is 0 Å². The fourth-order valence-corrected chi connectivity index (χ4v) is 2.68. The summed E-state index contributed by atoms with van der Waals surface area (Å²) in [6.45, 7) is 3.60. The van der Waals surface area contributed by atoms with Crippen molar-refractivity contribution in [3.63, 3.8) is 0 Å². The van der Waals surface area contributed by atoms with Gasteiger partial charge in [-0.25, -0.2) is 4.79 Å². The Hall–Kier alpha value is -2.27. The van der Waals surface area contributed by atoms with Gasteiger partial charge in [0.25, 0.3) is 0 Å². The second kappa shape index (κ2) is 7.53. The number of carbonyl (C=O) groups excluding carboxylic acids is 2. The molecule has 24 heavy (non-hydrogen) atoms. The van der Waals surface area contributed by atoms with E-state index in [-0.39, 0.29) is 29.4 Å². The molecule has 0 aliphatic carbocycles. The number of ether oxygens (including phenoxy) is 2. The van der Waals surface area contributed by atoms with Crippen molar-refractivity contribution in [2.75, 3.05) is 14.2 Å². The van der Waals surface area contributed by atoms with Gasteiger partial charge in [0.2, 0.25) is 0 Å². The number of rotatable bonds is 6. The zero-order valence-electron chi connectivity index (χ0n) is 14.0. The maximum Gasteiger partial charge on any atom is 0.341 e. The summed E-state index contributed by atoms with van der Waals surface area (Å²) < 4.78 is 15.6. The van der Waals surface area contributed by atoms with Gasteiger partial charge in [0.05, 0.1) is 19.2 Å². The van der Waals surface area contributed by atoms with E-state index in [2.05, 4.69) is 0 Å². The molecule has 0 fully saturated rings. The van der Waals surface area contributed by atoms with E-state index < -0.39 is 5.97 Å². The van der Waals surface area contributed by atoms with Crippen LogP contribution in [0, 0.1) is 0 Å². The van der Waals surface area contributed by atoms with Crippen LogP contribution in [-0.2, 0) is 4.74 Å². The highest BCUT2D eigenvalue weighted by molar-refractivity contribution is 6.32. The van der Waals surface area contributed by atoms with Gasteiger partial charge < -0.3 is 13.9 Å². The second-order valence-corrected chi connectivity index (χ2v) is 5.68. The average molecular weight is 351 g/mol. The van der Waals surface area contributed by atoms with Crippen LogP contribution >= 0.6 is 11.6 Å². The van der Waals surface area contributed by atoms with Crippen LogP contribution in [-0.4, -0.2) is 26.0 Å². The smallest absolute Gasteiger partial charge is 0.341 e. The molecule has 128 valence electrons. The van der Waals surface area contributed by atoms with Gasteiger partial charge in [-0.3, -0.25) is 4.79 Å². The fourth-order valence-electron chi connectivity index (χ4n) is 2.41. The predicted octanol–water partition coefficient (Wildman–Crippen LogP) is 4.47. The number of halogens is 1. The SMILES string of the molecule is CCC(=O)c1cc(C(=O)OC)c(C(C)c2ccc(OC)c(Cl)c2)o1. The molecule has 0 spiro atoms. The molecule has 0 amide bonds. The van der Waals surface area contributed by atoms with Gasteiger partial charge >= 0.3 is 5.97 Å². The normalized spacial score (nSPS) is 11.9. The molecule has 0 N–H and O–H groups in total. The molecule has 1 heterocycles. The summed E-state index contributed by atoms with van der Waals surface area (Å²) in [6, 6.07) is 6.76. The first kappa shape index (κ1) is 18.1. The summed E-state index contributed by atoms with van der Waals surface area (Å²) in [6.07, 6.45) is 0.288. The molecule has 0 aliphatic rings. The van der Waals surface area contributed by atoms with Crippen molar-refractivity contribution in [3.8, 4) is 5.75 Å². The first-order valence-corrected chi connectivity index (χ1v) is 7.89. The molecule has 1 atom stereocenters. The lowest BCUT2D eigenvalue weighted by Gasteiger charge is -2.13. The molecule has 5 nitrogen and oxygen atoms in total. The van der Waals surface area contributed by atoms with Crippen molar-refractivity contribution in [2.45, 2.75) is 26.2 Å². The third kappa shape index (κ3) is 3.46. The van der Waals surface area contributed by atoms with Crippen molar-refractivity contribution in [3.05, 3.63) is 51.9 Å². The molecule has 1 aromatic carbocycles. The Labute approximate surface area is 145 Å². The summed E-state index contributed by atoms with van der Waals surface area (Å²) in [5.74, 6) is 0.0731. The van der Waals surface area contributed by atoms with Crippen LogP contribution in [0.5, 0.6) is 5.75 Å². The van der Waals surface area contributed by atoms with Gasteiger partial charge in [-0.1, -0.05) is 31.5 Å². The molecular weight excluding hydrogens is 332 g/mol. The number of benzene rings is 1. The highest BCUT2D eigenvalue weighted by Crippen LogP contribution is 2.34. The summed E-state index contributed by atoms with van der Waals surface area (Å²) in [4.78, 5) is 23.9. The van der Waals surface area contributed by atoms with E-state index in [1.165, 1.54) is 20.3 Å². The number of methoxy groups -OCH3 is 2. The Morgan fingerprint density at radius 2 is 1.96 bits per heavy atom. The second-order valence-electron chi connectivity index (χ2n) is 5.27. The maximum atomic E-state index is 12.0. The first-order chi connectivity index (χ1) is 11.4. The zero-order chi connectivity index (χ0) is 17.9. The quantitative estimate of drug-likeness (QED) is 0.568. The topological polar surface area (TPSA) is 65.7 Å². The van der Waals surface area contributed by atoms with E-state index in [0.717, 1.165) is 5.56 Å². The van der Waals surface area contributed by atoms with Crippen molar-refractivity contribution in [1.82, 2.24) is 0 Å². The minimum atomic E-state index is -0.546. The lowest BCUT2D eigenvalue weighted by molar-refractivity contribution is 0.0597. The van der Waals surface area contributed by atoms with Gasteiger partial charge in [-0.15, -0.1) is 0 Å². The number of esters is 1. The molecular formula is C18H19ClO5. The molecule has 0 saturated carbocycles. The highest BCUT2D eigenvalue weighted by atomic mass is 35.5. The number of furan rings is 1. The highest BCUT2D eigenvalue weighted by Gasteiger charge is 2.26. The largest absolute Gasteiger partial charge is 0.495 e. The predicted molar refractivity (Wildman–Crippen MR) is 90.2 cm³/mol. The van der Waals surface area contributed by atoms with Gasteiger partial charge in [0, 0.05) is 18.4 Å². The van der Waals surface area contributed by atoms with Gasteiger partial charge in [-0.2, -0.15) is 0 Å². The van der Waals surface area contributed by atoms with Crippen LogP contribution in [0.3, 0.4) is 0 Å². The van der Waals surface area contributed by atoms with Crippen molar-refractivity contribution < 1.29 is 23.5 Å². The Kier molecular flexibility index (Phi) is 5.67. The molecule has 2 rings (SSSR count). The van der Waals surface area contributed by atoms with Crippen LogP contribution in [0.4, 0.5) is 0 Å². The number of Topliss-reactive ketones (excluding diaryl/α,β-unsaturated/α-hetero) is 1. The molecule has 2 aromatic rings. The van der Waals surface area contributed by atoms with Gasteiger partial charge in [-0.05, 0) is 17.7 Å². The number of carbonyl (C=O) groups is 2. The van der Waals surface area contributed by atoms with Gasteiger partial charge in [0.1, 0.15) is 17.1 Å². The van der Waals surface area contributed by atoms with Crippen LogP contribution in [0.15, 0.2) is 28.7 Å². The van der Waals surface area contributed by atoms with Gasteiger partial charge in [0.15, 0.2) is 11.5 Å². The van der Waals surface area contributed by atoms with Crippen LogP contribution in [0.1, 0.15) is 58.4 Å². The van der Waals surface area contributed by atoms with Crippen molar-refractivity contribution >= 4 is 23.4 Å². The fraction of sp³-hybridized carbons (Fsp3) is 0.333. The number of hydrogen-bond acceptors (Lipinski definition) is 5. The molecule has 1 aromatic heterocycles. The van der Waals surface area contributed by atoms with E-state index in [1.54, 1.807) is 19.1 Å². The molecule has 0 saturated heterocycles. The Morgan fingerprint density at radius 3 is 2.50 bits per heavy atom. The molecule has 0 radical (unpaired) electrons. The monoisotopic (exact) mass is 350 g/mol. The number of ketones is 1. The van der Waals surface area contributed by atoms with Crippen molar-refractivity contribution in [2.24, 2.45) is 0 Å². The zero-order valence-corrected chi connectivity index (χ0v) is 14.8. The molecule has 0 bridgehead atoms. The first-order valence-electron chi connectivity index (χ1n) is 7.51. The summed E-state index contributed by atoms with van der Waals surface area (Å²) in [7, 11) is 2.82. The Morgan fingerprint density at radius 1 is 1.25 bits per heavy atom. The lowest BCUT2D eigenvalue weighted by Crippen LogP contribution is -2.06. The van der Waals surface area contributed by atoms with Crippen LogP contribution < -0.4 is 4.74 Å². The Bertz CT molecular complexity index is 763. The minimum absolute atomic E-state index is 0.152. The molecule has 6 heteroatoms.